The van der Waals surface area contributed by atoms with Crippen molar-refractivity contribution in [3.63, 3.8) is 0 Å². The lowest BCUT2D eigenvalue weighted by atomic mass is 9.80. The molecule has 4 atom stereocenters. The third-order valence-electron chi connectivity index (χ3n) is 4.96. The summed E-state index contributed by atoms with van der Waals surface area (Å²) < 4.78 is 5.72. The molecule has 2 aliphatic heterocycles. The Morgan fingerprint density at radius 3 is 2.84 bits per heavy atom. The van der Waals surface area contributed by atoms with E-state index in [2.05, 4.69) is 28.3 Å². The molecule has 0 bridgehead atoms. The van der Waals surface area contributed by atoms with Gasteiger partial charge in [-0.1, -0.05) is 23.8 Å². The van der Waals surface area contributed by atoms with Gasteiger partial charge in [-0.2, -0.15) is 0 Å². The van der Waals surface area contributed by atoms with Gasteiger partial charge in [0, 0.05) is 35.1 Å². The van der Waals surface area contributed by atoms with E-state index >= 15 is 0 Å². The van der Waals surface area contributed by atoms with E-state index in [1.807, 2.05) is 20.8 Å². The smallest absolute Gasteiger partial charge is 0.133 e. The van der Waals surface area contributed by atoms with Gasteiger partial charge in [0.15, 0.2) is 0 Å². The average molecular weight is 365 g/mol. The highest BCUT2D eigenvalue weighted by Crippen LogP contribution is 2.43. The summed E-state index contributed by atoms with van der Waals surface area (Å²) in [5.41, 5.74) is 4.08. The first-order valence-electron chi connectivity index (χ1n) is 8.38. The van der Waals surface area contributed by atoms with Crippen LogP contribution < -0.4 is 16.5 Å². The van der Waals surface area contributed by atoms with Crippen LogP contribution in [0.2, 0.25) is 0 Å². The fourth-order valence-electron chi connectivity index (χ4n) is 3.83. The highest BCUT2D eigenvalue weighted by atomic mass is 35.5. The molecule has 7 heteroatoms. The Morgan fingerprint density at radius 1 is 1.52 bits per heavy atom. The Balaban J connectivity index is 1.99. The van der Waals surface area contributed by atoms with Crippen LogP contribution in [-0.4, -0.2) is 24.6 Å². The maximum atomic E-state index is 6.42. The molecule has 0 fully saturated rings. The van der Waals surface area contributed by atoms with E-state index in [1.165, 1.54) is 0 Å². The molecule has 0 aromatic rings. The number of nitrogens with two attached hydrogens (primary N) is 1. The number of fused-ring (bicyclic) bond motifs is 2. The predicted molar refractivity (Wildman–Crippen MR) is 99.3 cm³/mol. The van der Waals surface area contributed by atoms with E-state index in [-0.39, 0.29) is 24.1 Å². The highest BCUT2D eigenvalue weighted by Gasteiger charge is 2.40. The summed E-state index contributed by atoms with van der Waals surface area (Å²) in [7, 11) is 1.69. The molecule has 1 aliphatic carbocycles. The van der Waals surface area contributed by atoms with Gasteiger partial charge in [-0.15, -0.1) is 0 Å². The quantitative estimate of drug-likeness (QED) is 0.516. The van der Waals surface area contributed by atoms with E-state index in [0.29, 0.717) is 11.6 Å². The molecule has 0 saturated carbocycles. The van der Waals surface area contributed by atoms with Crippen molar-refractivity contribution in [2.45, 2.75) is 39.5 Å². The van der Waals surface area contributed by atoms with Gasteiger partial charge in [-0.05, 0) is 26.8 Å². The third-order valence-corrected chi connectivity index (χ3v) is 5.27. The van der Waals surface area contributed by atoms with Gasteiger partial charge in [-0.3, -0.25) is 0 Å². The Hall–Kier alpha value is -1.76. The minimum absolute atomic E-state index is 0.0520. The zero-order valence-electron chi connectivity index (χ0n) is 15.0. The number of nitrogens with one attached hydrogen (secondary N) is 2. The van der Waals surface area contributed by atoms with E-state index in [4.69, 9.17) is 27.1 Å². The number of allylic oxidation sites excluding steroid dienone is 3. The molecule has 0 amide bonds. The number of ether oxygens (including phenoxy) is 1. The molecule has 0 aromatic carbocycles. The van der Waals surface area contributed by atoms with Gasteiger partial charge in [0.2, 0.25) is 0 Å². The predicted octanol–water partition coefficient (Wildman–Crippen LogP) is 2.66. The summed E-state index contributed by atoms with van der Waals surface area (Å²) >= 11 is 6.42. The summed E-state index contributed by atoms with van der Waals surface area (Å²) in [5, 5.41) is 7.34. The van der Waals surface area contributed by atoms with Crippen molar-refractivity contribution in [3.05, 3.63) is 46.7 Å². The third kappa shape index (κ3) is 3.10. The first kappa shape index (κ1) is 18.0. The van der Waals surface area contributed by atoms with Crippen LogP contribution >= 0.6 is 11.6 Å². The summed E-state index contributed by atoms with van der Waals surface area (Å²) in [6, 6.07) is 0. The summed E-state index contributed by atoms with van der Waals surface area (Å²) in [4.78, 5) is 9.52. The molecule has 0 aromatic heterocycles. The lowest BCUT2D eigenvalue weighted by Gasteiger charge is -2.31. The molecule has 0 spiro atoms. The minimum Gasteiger partial charge on any atom is -0.501 e. The largest absolute Gasteiger partial charge is 0.501 e. The van der Waals surface area contributed by atoms with E-state index < -0.39 is 0 Å². The minimum atomic E-state index is -0.210. The number of hydrogen-bond acceptors (Lipinski definition) is 6. The molecule has 0 radical (unpaired) electrons. The second-order valence-corrected chi connectivity index (χ2v) is 7.12. The topological polar surface area (TPSA) is 80.9 Å². The van der Waals surface area contributed by atoms with Gasteiger partial charge in [0.05, 0.1) is 13.2 Å². The van der Waals surface area contributed by atoms with Crippen molar-refractivity contribution < 1.29 is 9.57 Å². The summed E-state index contributed by atoms with van der Waals surface area (Å²) in [6.07, 6.45) is 2.55. The van der Waals surface area contributed by atoms with Crippen LogP contribution in [0, 0.1) is 11.8 Å². The zero-order chi connectivity index (χ0) is 18.3. The standard InChI is InChI=1S/C18H25ClN4O2/c1-8(2)15(9(3)25-20)12-6-13-11(7-14(12)24-5)16-17(19)21-10(4)22-18(16)23-13/h6,9-11,15,22-23H,1,7,20H2,2-5H3/t9?,10-,11?,15?/m1/s1. The molecular formula is C18H25ClN4O2. The number of aliphatic imine (C=N–C) groups is 1. The molecule has 136 valence electrons. The monoisotopic (exact) mass is 364 g/mol. The van der Waals surface area contributed by atoms with Crippen LogP contribution in [0.4, 0.5) is 0 Å². The SMILES string of the molecule is C=C(C)C(C1=C(OC)CC2C(=C1)NC1=C2C(Cl)=N[C@@H](C)N1)C(C)ON. The van der Waals surface area contributed by atoms with Crippen LogP contribution in [-0.2, 0) is 9.57 Å². The molecule has 4 N–H and O–H groups in total. The van der Waals surface area contributed by atoms with Crippen molar-refractivity contribution in [3.8, 4) is 0 Å². The average Bonchev–Trinajstić information content (AvgIpc) is 2.90. The lowest BCUT2D eigenvalue weighted by molar-refractivity contribution is 0.0435. The molecule has 0 saturated heterocycles. The van der Waals surface area contributed by atoms with E-state index in [9.17, 15) is 0 Å². The maximum Gasteiger partial charge on any atom is 0.133 e. The second kappa shape index (κ2) is 6.86. The lowest BCUT2D eigenvalue weighted by Crippen LogP contribution is -2.33. The number of halogens is 1. The van der Waals surface area contributed by atoms with Crippen molar-refractivity contribution in [1.29, 1.82) is 0 Å². The van der Waals surface area contributed by atoms with Crippen LogP contribution in [0.3, 0.4) is 0 Å². The molecule has 3 rings (SSSR count). The number of methoxy groups -OCH3 is 1. The molecule has 25 heavy (non-hydrogen) atoms. The van der Waals surface area contributed by atoms with E-state index in [0.717, 1.165) is 34.0 Å². The highest BCUT2D eigenvalue weighted by molar-refractivity contribution is 6.70. The van der Waals surface area contributed by atoms with Crippen LogP contribution in [0.1, 0.15) is 27.2 Å². The van der Waals surface area contributed by atoms with Gasteiger partial charge in [0.25, 0.3) is 0 Å². The fraction of sp³-hybridized carbons (Fsp3) is 0.500. The van der Waals surface area contributed by atoms with Gasteiger partial charge in [-0.25, -0.2) is 10.9 Å². The van der Waals surface area contributed by atoms with E-state index in [1.54, 1.807) is 7.11 Å². The van der Waals surface area contributed by atoms with Gasteiger partial charge < -0.3 is 20.2 Å². The van der Waals surface area contributed by atoms with Crippen LogP contribution in [0.25, 0.3) is 0 Å². The van der Waals surface area contributed by atoms with Gasteiger partial charge in [0.1, 0.15) is 22.9 Å². The first-order chi connectivity index (χ1) is 11.9. The molecule has 2 heterocycles. The first-order valence-corrected chi connectivity index (χ1v) is 8.76. The fourth-order valence-corrected chi connectivity index (χ4v) is 4.20. The molecular weight excluding hydrogens is 340 g/mol. The number of rotatable bonds is 5. The zero-order valence-corrected chi connectivity index (χ0v) is 15.8. The van der Waals surface area contributed by atoms with Gasteiger partial charge >= 0.3 is 0 Å². The normalized spacial score (nSPS) is 27.4. The Kier molecular flexibility index (Phi) is 4.95. The van der Waals surface area contributed by atoms with Crippen molar-refractivity contribution in [2.24, 2.45) is 22.7 Å². The second-order valence-electron chi connectivity index (χ2n) is 6.76. The Morgan fingerprint density at radius 2 is 2.24 bits per heavy atom. The Labute approximate surface area is 153 Å². The summed E-state index contributed by atoms with van der Waals surface area (Å²) in [6.45, 7) is 9.98. The maximum absolute atomic E-state index is 6.42. The van der Waals surface area contributed by atoms with Crippen LogP contribution in [0.5, 0.6) is 0 Å². The van der Waals surface area contributed by atoms with Crippen LogP contribution in [0.15, 0.2) is 51.6 Å². The number of hydrogen-bond donors (Lipinski definition) is 3. The van der Waals surface area contributed by atoms with Crippen molar-refractivity contribution >= 4 is 16.8 Å². The van der Waals surface area contributed by atoms with Crippen molar-refractivity contribution in [2.75, 3.05) is 7.11 Å². The van der Waals surface area contributed by atoms with Crippen molar-refractivity contribution in [1.82, 2.24) is 10.6 Å². The molecule has 3 aliphatic rings. The summed E-state index contributed by atoms with van der Waals surface area (Å²) in [5.74, 6) is 7.32. The number of nitrogens with zero attached hydrogens (tertiary/aromatic N) is 1. The molecule has 3 unspecified atom stereocenters. The molecule has 6 nitrogen and oxygen atoms in total. The Bertz CT molecular complexity index is 723.